The number of hydrogen-bond acceptors (Lipinski definition) is 2. The van der Waals surface area contributed by atoms with Gasteiger partial charge in [-0.1, -0.05) is 54.1 Å². The SMILES string of the molecule is Cc1c(CNCc2cccc(Cl)c2)c(C(=O)O)c(C)n1Cc1ccccc1. The summed E-state index contributed by atoms with van der Waals surface area (Å²) in [5, 5.41) is 13.8. The van der Waals surface area contributed by atoms with Crippen LogP contribution in [0.15, 0.2) is 54.6 Å². The molecule has 0 unspecified atom stereocenters. The van der Waals surface area contributed by atoms with Crippen molar-refractivity contribution >= 4 is 17.6 Å². The van der Waals surface area contributed by atoms with Crippen LogP contribution in [-0.4, -0.2) is 15.6 Å². The smallest absolute Gasteiger partial charge is 0.337 e. The Morgan fingerprint density at radius 2 is 1.70 bits per heavy atom. The predicted octanol–water partition coefficient (Wildman–Crippen LogP) is 4.79. The normalized spacial score (nSPS) is 10.9. The summed E-state index contributed by atoms with van der Waals surface area (Å²) in [6.07, 6.45) is 0. The highest BCUT2D eigenvalue weighted by Crippen LogP contribution is 2.24. The first-order valence-corrected chi connectivity index (χ1v) is 9.26. The molecule has 0 spiro atoms. The van der Waals surface area contributed by atoms with Gasteiger partial charge in [0.1, 0.15) is 0 Å². The van der Waals surface area contributed by atoms with Crippen molar-refractivity contribution in [1.82, 2.24) is 9.88 Å². The molecule has 0 fully saturated rings. The van der Waals surface area contributed by atoms with Crippen LogP contribution in [0.3, 0.4) is 0 Å². The van der Waals surface area contributed by atoms with E-state index in [-0.39, 0.29) is 0 Å². The summed E-state index contributed by atoms with van der Waals surface area (Å²) in [4.78, 5) is 11.9. The van der Waals surface area contributed by atoms with E-state index in [1.165, 1.54) is 0 Å². The summed E-state index contributed by atoms with van der Waals surface area (Å²) >= 11 is 6.03. The molecule has 3 rings (SSSR count). The second-order valence-electron chi connectivity index (χ2n) is 6.63. The van der Waals surface area contributed by atoms with E-state index in [1.807, 2.05) is 56.3 Å². The second-order valence-corrected chi connectivity index (χ2v) is 7.07. The first-order valence-electron chi connectivity index (χ1n) is 8.88. The Bertz CT molecular complexity index is 948. The first-order chi connectivity index (χ1) is 13.0. The zero-order valence-corrected chi connectivity index (χ0v) is 16.3. The molecule has 1 aromatic heterocycles. The Hall–Kier alpha value is -2.56. The maximum absolute atomic E-state index is 11.9. The average molecular weight is 383 g/mol. The van der Waals surface area contributed by atoms with E-state index < -0.39 is 5.97 Å². The molecule has 3 aromatic rings. The van der Waals surface area contributed by atoms with Gasteiger partial charge < -0.3 is 15.0 Å². The van der Waals surface area contributed by atoms with Gasteiger partial charge in [0.15, 0.2) is 0 Å². The number of carboxylic acid groups (broad SMARTS) is 1. The van der Waals surface area contributed by atoms with Gasteiger partial charge in [-0.25, -0.2) is 4.79 Å². The number of nitrogens with zero attached hydrogens (tertiary/aromatic N) is 1. The molecule has 140 valence electrons. The number of rotatable bonds is 7. The lowest BCUT2D eigenvalue weighted by Crippen LogP contribution is -2.15. The molecular weight excluding hydrogens is 360 g/mol. The van der Waals surface area contributed by atoms with Crippen molar-refractivity contribution in [2.45, 2.75) is 33.5 Å². The molecule has 0 aliphatic carbocycles. The first kappa shape index (κ1) is 19.2. The molecule has 5 heteroatoms. The number of benzene rings is 2. The Labute approximate surface area is 164 Å². The van der Waals surface area contributed by atoms with Crippen LogP contribution in [0.25, 0.3) is 0 Å². The minimum absolute atomic E-state index is 0.391. The standard InChI is InChI=1S/C22H23ClN2O2/c1-15-20(13-24-12-18-9-6-10-19(23)11-18)21(22(26)27)16(2)25(15)14-17-7-4-3-5-8-17/h3-11,24H,12-14H2,1-2H3,(H,26,27). The van der Waals surface area contributed by atoms with Crippen molar-refractivity contribution in [2.24, 2.45) is 0 Å². The molecule has 0 saturated carbocycles. The van der Waals surface area contributed by atoms with Crippen LogP contribution in [0.1, 0.15) is 38.4 Å². The third-order valence-corrected chi connectivity index (χ3v) is 5.06. The van der Waals surface area contributed by atoms with E-state index >= 15 is 0 Å². The molecule has 0 radical (unpaired) electrons. The van der Waals surface area contributed by atoms with Gasteiger partial charge in [-0.05, 0) is 37.1 Å². The van der Waals surface area contributed by atoms with Crippen molar-refractivity contribution in [3.63, 3.8) is 0 Å². The van der Waals surface area contributed by atoms with Gasteiger partial charge in [-0.15, -0.1) is 0 Å². The van der Waals surface area contributed by atoms with Crippen LogP contribution >= 0.6 is 11.6 Å². The molecule has 0 aliphatic heterocycles. The summed E-state index contributed by atoms with van der Waals surface area (Å²) in [5.41, 5.74) is 5.20. The number of carbonyl (C=O) groups is 1. The summed E-state index contributed by atoms with van der Waals surface area (Å²) in [7, 11) is 0. The molecule has 4 nitrogen and oxygen atoms in total. The fraction of sp³-hybridized carbons (Fsp3) is 0.227. The number of hydrogen-bond donors (Lipinski definition) is 2. The number of carboxylic acids is 1. The molecule has 2 aromatic carbocycles. The van der Waals surface area contributed by atoms with Gasteiger partial charge in [0.05, 0.1) is 5.56 Å². The van der Waals surface area contributed by atoms with Gasteiger partial charge in [-0.3, -0.25) is 0 Å². The Balaban J connectivity index is 1.83. The number of aromatic carboxylic acids is 1. The minimum atomic E-state index is -0.887. The lowest BCUT2D eigenvalue weighted by molar-refractivity contribution is 0.0694. The van der Waals surface area contributed by atoms with Crippen LogP contribution in [-0.2, 0) is 19.6 Å². The third-order valence-electron chi connectivity index (χ3n) is 4.83. The number of halogens is 1. The van der Waals surface area contributed by atoms with Gasteiger partial charge >= 0.3 is 5.97 Å². The van der Waals surface area contributed by atoms with Crippen LogP contribution in [0.4, 0.5) is 0 Å². The van der Waals surface area contributed by atoms with Crippen LogP contribution in [0.2, 0.25) is 5.02 Å². The van der Waals surface area contributed by atoms with E-state index in [4.69, 9.17) is 11.6 Å². The summed E-state index contributed by atoms with van der Waals surface area (Å²) in [6.45, 7) is 5.64. The molecule has 2 N–H and O–H groups in total. The van der Waals surface area contributed by atoms with Gasteiger partial charge in [0.2, 0.25) is 0 Å². The van der Waals surface area contributed by atoms with E-state index in [0.717, 1.165) is 28.1 Å². The molecule has 0 bridgehead atoms. The van der Waals surface area contributed by atoms with E-state index in [1.54, 1.807) is 0 Å². The maximum atomic E-state index is 11.9. The van der Waals surface area contributed by atoms with Crippen molar-refractivity contribution in [2.75, 3.05) is 0 Å². The average Bonchev–Trinajstić information content (AvgIpc) is 2.87. The van der Waals surface area contributed by atoms with Crippen molar-refractivity contribution in [1.29, 1.82) is 0 Å². The Kier molecular flexibility index (Phi) is 5.99. The molecule has 0 aliphatic rings. The van der Waals surface area contributed by atoms with Crippen LogP contribution in [0, 0.1) is 13.8 Å². The largest absolute Gasteiger partial charge is 0.478 e. The van der Waals surface area contributed by atoms with Crippen molar-refractivity contribution < 1.29 is 9.90 Å². The predicted molar refractivity (Wildman–Crippen MR) is 108 cm³/mol. The topological polar surface area (TPSA) is 54.3 Å². The van der Waals surface area contributed by atoms with E-state index in [0.29, 0.717) is 30.2 Å². The molecule has 0 atom stereocenters. The second kappa shape index (κ2) is 8.42. The molecular formula is C22H23ClN2O2. The number of aromatic nitrogens is 1. The highest BCUT2D eigenvalue weighted by atomic mass is 35.5. The quantitative estimate of drug-likeness (QED) is 0.617. The van der Waals surface area contributed by atoms with E-state index in [2.05, 4.69) is 22.0 Å². The molecule has 0 amide bonds. The third kappa shape index (κ3) is 4.41. The van der Waals surface area contributed by atoms with Crippen molar-refractivity contribution in [3.05, 3.63) is 93.3 Å². The lowest BCUT2D eigenvalue weighted by atomic mass is 10.1. The fourth-order valence-corrected chi connectivity index (χ4v) is 3.64. The lowest BCUT2D eigenvalue weighted by Gasteiger charge is -2.10. The minimum Gasteiger partial charge on any atom is -0.478 e. The van der Waals surface area contributed by atoms with Crippen LogP contribution < -0.4 is 5.32 Å². The Morgan fingerprint density at radius 3 is 2.37 bits per heavy atom. The summed E-state index contributed by atoms with van der Waals surface area (Å²) < 4.78 is 2.08. The highest BCUT2D eigenvalue weighted by molar-refractivity contribution is 6.30. The fourth-order valence-electron chi connectivity index (χ4n) is 3.43. The van der Waals surface area contributed by atoms with Crippen molar-refractivity contribution in [3.8, 4) is 0 Å². The molecule has 27 heavy (non-hydrogen) atoms. The maximum Gasteiger partial charge on any atom is 0.337 e. The molecule has 1 heterocycles. The van der Waals surface area contributed by atoms with Gasteiger partial charge in [0, 0.05) is 41.6 Å². The van der Waals surface area contributed by atoms with Gasteiger partial charge in [-0.2, -0.15) is 0 Å². The Morgan fingerprint density at radius 1 is 1.00 bits per heavy atom. The monoisotopic (exact) mass is 382 g/mol. The van der Waals surface area contributed by atoms with Gasteiger partial charge in [0.25, 0.3) is 0 Å². The van der Waals surface area contributed by atoms with E-state index in [9.17, 15) is 9.90 Å². The molecule has 0 saturated heterocycles. The highest BCUT2D eigenvalue weighted by Gasteiger charge is 2.22. The van der Waals surface area contributed by atoms with Crippen LogP contribution in [0.5, 0.6) is 0 Å². The summed E-state index contributed by atoms with van der Waals surface area (Å²) in [5.74, 6) is -0.887. The zero-order valence-electron chi connectivity index (χ0n) is 15.5. The zero-order chi connectivity index (χ0) is 19.4. The summed E-state index contributed by atoms with van der Waals surface area (Å²) in [6, 6.07) is 17.7. The number of nitrogens with one attached hydrogen (secondary N) is 1.